The van der Waals surface area contributed by atoms with Gasteiger partial charge in [0.2, 0.25) is 0 Å². The number of benzene rings is 2. The van der Waals surface area contributed by atoms with Crippen LogP contribution < -0.4 is 15.8 Å². The standard InChI is InChI=1S/C18H21ClN2O3.ClH/c1-11(2)24-10-12-5-4-6-13(7-12)21-18(22)14-8-15(19)16(20)9-17(14)23-3;/h4-9,11H,10,20H2,1-3H3,(H,21,22);1H. The lowest BCUT2D eigenvalue weighted by Crippen LogP contribution is -2.14. The Hall–Kier alpha value is -1.95. The summed E-state index contributed by atoms with van der Waals surface area (Å²) in [6.45, 7) is 4.43. The third kappa shape index (κ3) is 5.81. The molecule has 0 aliphatic heterocycles. The molecule has 0 fully saturated rings. The second-order valence-corrected chi connectivity index (χ2v) is 6.00. The van der Waals surface area contributed by atoms with E-state index in [1.54, 1.807) is 0 Å². The zero-order valence-electron chi connectivity index (χ0n) is 14.3. The molecular weight excluding hydrogens is 363 g/mol. The molecule has 2 aromatic rings. The van der Waals surface area contributed by atoms with Crippen molar-refractivity contribution in [3.8, 4) is 5.75 Å². The largest absolute Gasteiger partial charge is 0.496 e. The zero-order valence-corrected chi connectivity index (χ0v) is 15.9. The smallest absolute Gasteiger partial charge is 0.259 e. The Morgan fingerprint density at radius 1 is 1.28 bits per heavy atom. The normalized spacial score (nSPS) is 10.3. The van der Waals surface area contributed by atoms with E-state index in [0.29, 0.717) is 34.3 Å². The second-order valence-electron chi connectivity index (χ2n) is 5.59. The molecule has 0 heterocycles. The Kier molecular flexibility index (Phi) is 8.03. The molecule has 136 valence electrons. The molecule has 0 aromatic heterocycles. The number of rotatable bonds is 6. The molecule has 0 saturated carbocycles. The van der Waals surface area contributed by atoms with Crippen LogP contribution in [0, 0.1) is 0 Å². The van der Waals surface area contributed by atoms with Gasteiger partial charge in [-0.2, -0.15) is 0 Å². The minimum absolute atomic E-state index is 0. The Balaban J connectivity index is 0.00000312. The van der Waals surface area contributed by atoms with Gasteiger partial charge < -0.3 is 20.5 Å². The van der Waals surface area contributed by atoms with Crippen LogP contribution in [0.5, 0.6) is 5.75 Å². The average Bonchev–Trinajstić information content (AvgIpc) is 2.55. The number of halogens is 2. The third-order valence-electron chi connectivity index (χ3n) is 3.33. The monoisotopic (exact) mass is 384 g/mol. The van der Waals surface area contributed by atoms with E-state index in [1.165, 1.54) is 19.2 Å². The molecule has 0 spiro atoms. The summed E-state index contributed by atoms with van der Waals surface area (Å²) in [6.07, 6.45) is 0.143. The SMILES string of the molecule is COc1cc(N)c(Cl)cc1C(=O)Nc1cccc(COC(C)C)c1.Cl. The maximum Gasteiger partial charge on any atom is 0.259 e. The first-order valence-electron chi connectivity index (χ1n) is 7.55. The van der Waals surface area contributed by atoms with Crippen LogP contribution in [0.25, 0.3) is 0 Å². The summed E-state index contributed by atoms with van der Waals surface area (Å²) in [5.41, 5.74) is 8.06. The van der Waals surface area contributed by atoms with E-state index in [4.69, 9.17) is 26.8 Å². The Morgan fingerprint density at radius 2 is 2.00 bits per heavy atom. The van der Waals surface area contributed by atoms with Crippen molar-refractivity contribution in [1.29, 1.82) is 0 Å². The zero-order chi connectivity index (χ0) is 17.7. The number of ether oxygens (including phenoxy) is 2. The van der Waals surface area contributed by atoms with Crippen molar-refractivity contribution in [3.63, 3.8) is 0 Å². The summed E-state index contributed by atoms with van der Waals surface area (Å²) in [6, 6.07) is 10.5. The van der Waals surface area contributed by atoms with Gasteiger partial charge >= 0.3 is 0 Å². The van der Waals surface area contributed by atoms with Crippen LogP contribution >= 0.6 is 24.0 Å². The van der Waals surface area contributed by atoms with E-state index < -0.39 is 0 Å². The molecule has 5 nitrogen and oxygen atoms in total. The number of nitrogens with two attached hydrogens (primary N) is 1. The highest BCUT2D eigenvalue weighted by atomic mass is 35.5. The number of carbonyl (C=O) groups is 1. The first-order valence-corrected chi connectivity index (χ1v) is 7.93. The molecule has 25 heavy (non-hydrogen) atoms. The molecule has 0 saturated heterocycles. The van der Waals surface area contributed by atoms with Gasteiger partial charge in [-0.15, -0.1) is 12.4 Å². The van der Waals surface area contributed by atoms with Crippen molar-refractivity contribution in [3.05, 3.63) is 52.5 Å². The van der Waals surface area contributed by atoms with Crippen molar-refractivity contribution < 1.29 is 14.3 Å². The Bertz CT molecular complexity index is 736. The van der Waals surface area contributed by atoms with Gasteiger partial charge in [0.15, 0.2) is 0 Å². The lowest BCUT2D eigenvalue weighted by molar-refractivity contribution is 0.0657. The van der Waals surface area contributed by atoms with E-state index in [0.717, 1.165) is 5.56 Å². The van der Waals surface area contributed by atoms with Crippen LogP contribution in [-0.4, -0.2) is 19.1 Å². The summed E-state index contributed by atoms with van der Waals surface area (Å²) in [5.74, 6) is 0.0457. The van der Waals surface area contributed by atoms with E-state index in [-0.39, 0.29) is 24.4 Å². The lowest BCUT2D eigenvalue weighted by atomic mass is 10.1. The molecule has 0 atom stereocenters. The topological polar surface area (TPSA) is 73.6 Å². The molecule has 1 amide bonds. The minimum atomic E-state index is -0.323. The molecule has 3 N–H and O–H groups in total. The van der Waals surface area contributed by atoms with E-state index in [2.05, 4.69) is 5.32 Å². The maximum atomic E-state index is 12.5. The third-order valence-corrected chi connectivity index (χ3v) is 3.66. The highest BCUT2D eigenvalue weighted by Crippen LogP contribution is 2.29. The number of hydrogen-bond donors (Lipinski definition) is 2. The number of amides is 1. The number of methoxy groups -OCH3 is 1. The van der Waals surface area contributed by atoms with E-state index in [1.807, 2.05) is 38.1 Å². The molecule has 0 bridgehead atoms. The van der Waals surface area contributed by atoms with Crippen molar-refractivity contribution >= 4 is 41.3 Å². The fourth-order valence-corrected chi connectivity index (χ4v) is 2.28. The minimum Gasteiger partial charge on any atom is -0.496 e. The predicted octanol–water partition coefficient (Wildman–Crippen LogP) is 4.53. The second kappa shape index (κ2) is 9.51. The quantitative estimate of drug-likeness (QED) is 0.717. The Morgan fingerprint density at radius 3 is 2.64 bits per heavy atom. The van der Waals surface area contributed by atoms with Gasteiger partial charge in [-0.3, -0.25) is 4.79 Å². The Labute approximate surface area is 158 Å². The maximum absolute atomic E-state index is 12.5. The average molecular weight is 385 g/mol. The van der Waals surface area contributed by atoms with Crippen LogP contribution in [0.4, 0.5) is 11.4 Å². The van der Waals surface area contributed by atoms with Crippen LogP contribution in [0.15, 0.2) is 36.4 Å². The van der Waals surface area contributed by atoms with Gasteiger partial charge in [0, 0.05) is 11.8 Å². The van der Waals surface area contributed by atoms with Crippen LogP contribution in [-0.2, 0) is 11.3 Å². The number of hydrogen-bond acceptors (Lipinski definition) is 4. The summed E-state index contributed by atoms with van der Waals surface area (Å²) >= 11 is 6.01. The van der Waals surface area contributed by atoms with E-state index in [9.17, 15) is 4.79 Å². The summed E-state index contributed by atoms with van der Waals surface area (Å²) in [5, 5.41) is 3.14. The summed E-state index contributed by atoms with van der Waals surface area (Å²) in [4.78, 5) is 12.5. The fraction of sp³-hybridized carbons (Fsp3) is 0.278. The molecule has 0 aliphatic carbocycles. The van der Waals surface area contributed by atoms with Crippen LogP contribution in [0.1, 0.15) is 29.8 Å². The summed E-state index contributed by atoms with van der Waals surface area (Å²) in [7, 11) is 1.48. The molecule has 0 unspecified atom stereocenters. The predicted molar refractivity (Wildman–Crippen MR) is 104 cm³/mol. The van der Waals surface area contributed by atoms with Gasteiger partial charge in [-0.25, -0.2) is 0 Å². The highest BCUT2D eigenvalue weighted by molar-refractivity contribution is 6.33. The molecule has 2 rings (SSSR count). The van der Waals surface area contributed by atoms with Gasteiger partial charge in [0.05, 0.1) is 36.1 Å². The fourth-order valence-electron chi connectivity index (χ4n) is 2.12. The van der Waals surface area contributed by atoms with Crippen molar-refractivity contribution in [2.45, 2.75) is 26.6 Å². The van der Waals surface area contributed by atoms with Gasteiger partial charge in [0.25, 0.3) is 5.91 Å². The van der Waals surface area contributed by atoms with Gasteiger partial charge in [0.1, 0.15) is 5.75 Å². The first kappa shape index (κ1) is 21.1. The highest BCUT2D eigenvalue weighted by Gasteiger charge is 2.15. The van der Waals surface area contributed by atoms with E-state index >= 15 is 0 Å². The molecule has 7 heteroatoms. The number of anilines is 2. The molecule has 0 aliphatic rings. The number of nitrogens with one attached hydrogen (secondary N) is 1. The van der Waals surface area contributed by atoms with Crippen molar-refractivity contribution in [2.24, 2.45) is 0 Å². The molecule has 2 aromatic carbocycles. The number of nitrogen functional groups attached to an aromatic ring is 1. The first-order chi connectivity index (χ1) is 11.4. The number of carbonyl (C=O) groups excluding carboxylic acids is 1. The van der Waals surface area contributed by atoms with Gasteiger partial charge in [-0.1, -0.05) is 23.7 Å². The molecule has 0 radical (unpaired) electrons. The van der Waals surface area contributed by atoms with Crippen LogP contribution in [0.2, 0.25) is 5.02 Å². The van der Waals surface area contributed by atoms with Crippen LogP contribution in [0.3, 0.4) is 0 Å². The van der Waals surface area contributed by atoms with Gasteiger partial charge in [-0.05, 0) is 37.6 Å². The molecular formula is C18H22Cl2N2O3. The summed E-state index contributed by atoms with van der Waals surface area (Å²) < 4.78 is 10.8. The van der Waals surface area contributed by atoms with Crippen molar-refractivity contribution in [1.82, 2.24) is 0 Å². The van der Waals surface area contributed by atoms with Crippen molar-refractivity contribution in [2.75, 3.05) is 18.2 Å². The lowest BCUT2D eigenvalue weighted by Gasteiger charge is -2.12.